The van der Waals surface area contributed by atoms with E-state index in [0.717, 1.165) is 0 Å². The Balaban J connectivity index is 2.75. The molecule has 0 N–H and O–H groups in total. The van der Waals surface area contributed by atoms with Crippen molar-refractivity contribution in [2.24, 2.45) is 0 Å². The maximum absolute atomic E-state index is 3.58. The minimum atomic E-state index is 0.189. The van der Waals surface area contributed by atoms with Crippen LogP contribution in [0.1, 0.15) is 0 Å². The molecule has 0 saturated carbocycles. The number of thiophene rings is 1. The van der Waals surface area contributed by atoms with Gasteiger partial charge in [-0.3, -0.25) is 0 Å². The van der Waals surface area contributed by atoms with Crippen molar-refractivity contribution in [1.82, 2.24) is 0 Å². The van der Waals surface area contributed by atoms with Crippen LogP contribution in [0.25, 0.3) is 10.1 Å². The summed E-state index contributed by atoms with van der Waals surface area (Å²) in [7, 11) is 0. The van der Waals surface area contributed by atoms with E-state index in [1.54, 1.807) is 11.3 Å². The van der Waals surface area contributed by atoms with Crippen molar-refractivity contribution in [3.05, 3.63) is 24.3 Å². The molecule has 0 unspecified atom stereocenters. The third-order valence-corrected chi connectivity index (χ3v) is 5.77. The van der Waals surface area contributed by atoms with Gasteiger partial charge in [-0.1, -0.05) is 18.2 Å². The minimum Gasteiger partial charge on any atom is -0.148 e. The fourth-order valence-electron chi connectivity index (χ4n) is 1.47. The van der Waals surface area contributed by atoms with Crippen LogP contribution in [-0.2, 0) is 0 Å². The van der Waals surface area contributed by atoms with E-state index in [9.17, 15) is 0 Å². The Hall–Kier alpha value is 1.23. The molecule has 0 aliphatic rings. The topological polar surface area (TPSA) is 0 Å². The Bertz CT molecular complexity index is 482. The first-order chi connectivity index (χ1) is 7.11. The number of rotatable bonds is 2. The molecule has 0 bridgehead atoms. The second-order valence-corrected chi connectivity index (χ2v) is 10.2. The summed E-state index contributed by atoms with van der Waals surface area (Å²) in [6.45, 7) is 0. The van der Waals surface area contributed by atoms with E-state index < -0.39 is 0 Å². The van der Waals surface area contributed by atoms with Crippen molar-refractivity contribution in [3.8, 4) is 0 Å². The molecule has 0 nitrogen and oxygen atoms in total. The largest absolute Gasteiger partial charge is 0.339 e. The summed E-state index contributed by atoms with van der Waals surface area (Å²) in [5, 5.41) is 1.31. The molecule has 7 heteroatoms. The van der Waals surface area contributed by atoms with E-state index in [4.69, 9.17) is 0 Å². The molecule has 15 heavy (non-hydrogen) atoms. The van der Waals surface area contributed by atoms with Crippen LogP contribution in [0.15, 0.2) is 24.3 Å². The first-order valence-electron chi connectivity index (χ1n) is 4.19. The zero-order valence-corrected chi connectivity index (χ0v) is 14.5. The number of fused-ring (bicyclic) bond motifs is 1. The lowest BCUT2D eigenvalue weighted by atomic mass is 9.85. The number of hydrogen-bond donors (Lipinski definition) is 0. The van der Waals surface area contributed by atoms with Gasteiger partial charge in [0.25, 0.3) is 0 Å². The predicted octanol–water partition coefficient (Wildman–Crippen LogP) is 3.87. The lowest BCUT2D eigenvalue weighted by molar-refractivity contribution is 1.87. The molecule has 0 aliphatic heterocycles. The Labute approximate surface area is 126 Å². The standard InChI is InChI=1S/C8H4B2Br4S/c11-9(12)7-5-3-1-2-4-6(5)15-8(7)10(13)14/h1-4H. The van der Waals surface area contributed by atoms with Crippen LogP contribution in [0, 0.1) is 0 Å². The fraction of sp³-hybridized carbons (Fsp3) is 0. The molecule has 0 amide bonds. The highest BCUT2D eigenvalue weighted by Crippen LogP contribution is 2.22. The molecular weight excluding hydrogens is 469 g/mol. The quantitative estimate of drug-likeness (QED) is 0.582. The lowest BCUT2D eigenvalue weighted by Crippen LogP contribution is -2.36. The smallest absolute Gasteiger partial charge is 0.148 e. The van der Waals surface area contributed by atoms with E-state index in [-0.39, 0.29) is 8.72 Å². The van der Waals surface area contributed by atoms with Gasteiger partial charge >= 0.3 is 8.72 Å². The molecule has 0 radical (unpaired) electrons. The molecule has 76 valence electrons. The van der Waals surface area contributed by atoms with Crippen molar-refractivity contribution in [3.63, 3.8) is 0 Å². The van der Waals surface area contributed by atoms with Crippen LogP contribution in [-0.4, -0.2) is 8.72 Å². The Morgan fingerprint density at radius 1 is 0.933 bits per heavy atom. The van der Waals surface area contributed by atoms with Crippen molar-refractivity contribution >= 4 is 103 Å². The van der Waals surface area contributed by atoms with Gasteiger partial charge in [-0.25, -0.2) is 0 Å². The van der Waals surface area contributed by atoms with Gasteiger partial charge in [-0.15, -0.1) is 74.4 Å². The minimum absolute atomic E-state index is 0.189. The van der Waals surface area contributed by atoms with Gasteiger partial charge in [0.15, 0.2) is 0 Å². The third kappa shape index (κ3) is 2.57. The molecule has 1 heterocycles. The van der Waals surface area contributed by atoms with E-state index >= 15 is 0 Å². The highest BCUT2D eigenvalue weighted by molar-refractivity contribution is 9.50. The van der Waals surface area contributed by atoms with Gasteiger partial charge in [0.05, 0.1) is 0 Å². The molecule has 0 spiro atoms. The lowest BCUT2D eigenvalue weighted by Gasteiger charge is -2.02. The van der Waals surface area contributed by atoms with Gasteiger partial charge in [0.1, 0.15) is 0 Å². The van der Waals surface area contributed by atoms with Crippen molar-refractivity contribution in [2.75, 3.05) is 0 Å². The average molecular weight is 473 g/mol. The second-order valence-electron chi connectivity index (χ2n) is 2.98. The zero-order valence-electron chi connectivity index (χ0n) is 7.38. The monoisotopic (exact) mass is 470 g/mol. The summed E-state index contributed by atoms with van der Waals surface area (Å²) in [4.78, 5) is 0. The summed E-state index contributed by atoms with van der Waals surface area (Å²) in [5.74, 6) is 0. The zero-order chi connectivity index (χ0) is 11.0. The first-order valence-corrected chi connectivity index (χ1v) is 8.67. The van der Waals surface area contributed by atoms with E-state index in [0.29, 0.717) is 0 Å². The summed E-state index contributed by atoms with van der Waals surface area (Å²) in [6, 6.07) is 8.45. The first kappa shape index (κ1) is 12.7. The van der Waals surface area contributed by atoms with Crippen LogP contribution < -0.4 is 10.2 Å². The summed E-state index contributed by atoms with van der Waals surface area (Å²) < 4.78 is 3.01. The van der Waals surface area contributed by atoms with Gasteiger partial charge < -0.3 is 0 Å². The van der Waals surface area contributed by atoms with Crippen molar-refractivity contribution < 1.29 is 0 Å². The number of halogens is 4. The molecular formula is C8H4B2Br4S. The number of hydrogen-bond acceptors (Lipinski definition) is 1. The van der Waals surface area contributed by atoms with Crippen LogP contribution in [0.2, 0.25) is 0 Å². The molecule has 1 aromatic carbocycles. The van der Waals surface area contributed by atoms with Crippen molar-refractivity contribution in [1.29, 1.82) is 0 Å². The summed E-state index contributed by atoms with van der Waals surface area (Å²) in [6.07, 6.45) is 0. The van der Waals surface area contributed by atoms with Crippen LogP contribution in [0.4, 0.5) is 0 Å². The van der Waals surface area contributed by atoms with Crippen LogP contribution in [0.5, 0.6) is 0 Å². The maximum atomic E-state index is 3.58. The fourth-order valence-corrected chi connectivity index (χ4v) is 4.91. The van der Waals surface area contributed by atoms with E-state index in [2.05, 4.69) is 87.3 Å². The van der Waals surface area contributed by atoms with Crippen molar-refractivity contribution in [2.45, 2.75) is 0 Å². The van der Waals surface area contributed by atoms with Crippen LogP contribution >= 0.6 is 74.4 Å². The molecule has 1 aromatic heterocycles. The van der Waals surface area contributed by atoms with Gasteiger partial charge in [-0.2, -0.15) is 0 Å². The molecule has 2 aromatic rings. The van der Waals surface area contributed by atoms with Gasteiger partial charge in [-0.05, 0) is 21.7 Å². The number of benzene rings is 1. The van der Waals surface area contributed by atoms with E-state index in [1.165, 1.54) is 20.3 Å². The predicted molar refractivity (Wildman–Crippen MR) is 88.3 cm³/mol. The maximum Gasteiger partial charge on any atom is 0.339 e. The molecule has 2 rings (SSSR count). The Morgan fingerprint density at radius 2 is 1.60 bits per heavy atom. The molecule has 0 aliphatic carbocycles. The SMILES string of the molecule is BrB(Br)c1sc2ccccc2c1B(Br)Br. The highest BCUT2D eigenvalue weighted by atomic mass is 79.9. The normalized spacial score (nSPS) is 10.7. The summed E-state index contributed by atoms with van der Waals surface area (Å²) >= 11 is 16.1. The summed E-state index contributed by atoms with van der Waals surface area (Å²) in [5.41, 5.74) is 1.30. The van der Waals surface area contributed by atoms with Gasteiger partial charge in [0, 0.05) is 4.70 Å². The molecule has 0 fully saturated rings. The average Bonchev–Trinajstić information content (AvgIpc) is 2.56. The third-order valence-electron chi connectivity index (χ3n) is 2.08. The molecule has 0 atom stereocenters. The van der Waals surface area contributed by atoms with Gasteiger partial charge in [0.2, 0.25) is 0 Å². The van der Waals surface area contributed by atoms with E-state index in [1.807, 2.05) is 0 Å². The second kappa shape index (κ2) is 5.25. The Morgan fingerprint density at radius 3 is 2.20 bits per heavy atom. The Kier molecular flexibility index (Phi) is 4.44. The molecule has 0 saturated heterocycles. The van der Waals surface area contributed by atoms with Crippen LogP contribution in [0.3, 0.4) is 0 Å². The highest BCUT2D eigenvalue weighted by Gasteiger charge is 2.24.